The van der Waals surface area contributed by atoms with Crippen molar-refractivity contribution in [2.45, 2.75) is 232 Å². The number of esters is 2. The lowest BCUT2D eigenvalue weighted by Crippen LogP contribution is -2.29. The third kappa shape index (κ3) is 47.5. The largest absolute Gasteiger partial charge is 0.472 e. The van der Waals surface area contributed by atoms with Crippen molar-refractivity contribution in [3.8, 4) is 0 Å². The summed E-state index contributed by atoms with van der Waals surface area (Å²) in [5, 5.41) is 18.4. The lowest BCUT2D eigenvalue weighted by Gasteiger charge is -2.20. The normalized spacial score (nSPS) is 14.2. The fourth-order valence-corrected chi connectivity index (χ4v) is 7.53. The van der Waals surface area contributed by atoms with Crippen molar-refractivity contribution in [1.29, 1.82) is 0 Å². The SMILES string of the molecule is CCCCCCCC/C=C/C/C=C/C/C=C/CCCC(=O)O[C@@H](COC(=O)CCC/C=C/CC/C=C/CCCCCCCCCCCCCCCC)COP(=O)(O)OC[C@H](O)CO. The highest BCUT2D eigenvalue weighted by Crippen LogP contribution is 2.43. The summed E-state index contributed by atoms with van der Waals surface area (Å²) in [5.74, 6) is -1.03. The molecular formula is C52H93O10P. The maximum Gasteiger partial charge on any atom is 0.472 e. The maximum atomic E-state index is 12.6. The Labute approximate surface area is 385 Å². The van der Waals surface area contributed by atoms with Gasteiger partial charge in [-0.3, -0.25) is 18.6 Å². The van der Waals surface area contributed by atoms with Gasteiger partial charge in [0.1, 0.15) is 12.7 Å². The minimum absolute atomic E-state index is 0.103. The molecule has 0 bridgehead atoms. The molecule has 0 heterocycles. The molecule has 0 radical (unpaired) electrons. The molecule has 0 aliphatic heterocycles. The lowest BCUT2D eigenvalue weighted by molar-refractivity contribution is -0.161. The molecule has 366 valence electrons. The Hall–Kier alpha value is -2.33. The number of phosphoric ester groups is 1. The summed E-state index contributed by atoms with van der Waals surface area (Å²) in [4.78, 5) is 35.1. The van der Waals surface area contributed by atoms with E-state index in [-0.39, 0.29) is 19.4 Å². The quantitative estimate of drug-likeness (QED) is 0.0233. The number of aliphatic hydroxyl groups excluding tert-OH is 2. The number of unbranched alkanes of at least 4 members (excludes halogenated alkanes) is 23. The molecule has 63 heavy (non-hydrogen) atoms. The molecule has 3 N–H and O–H groups in total. The van der Waals surface area contributed by atoms with Gasteiger partial charge in [0.2, 0.25) is 0 Å². The summed E-state index contributed by atoms with van der Waals surface area (Å²) < 4.78 is 32.7. The van der Waals surface area contributed by atoms with E-state index in [9.17, 15) is 24.2 Å². The Kier molecular flexibility index (Phi) is 45.9. The lowest BCUT2D eigenvalue weighted by atomic mass is 10.0. The van der Waals surface area contributed by atoms with Gasteiger partial charge in [-0.05, 0) is 77.0 Å². The second-order valence-electron chi connectivity index (χ2n) is 16.8. The third-order valence-electron chi connectivity index (χ3n) is 10.6. The van der Waals surface area contributed by atoms with E-state index < -0.39 is 51.8 Å². The van der Waals surface area contributed by atoms with Gasteiger partial charge >= 0.3 is 19.8 Å². The first-order chi connectivity index (χ1) is 30.7. The van der Waals surface area contributed by atoms with Gasteiger partial charge in [0.25, 0.3) is 0 Å². The number of phosphoric acid groups is 1. The summed E-state index contributed by atoms with van der Waals surface area (Å²) in [6.45, 7) is 2.30. The molecule has 0 saturated heterocycles. The molecule has 0 amide bonds. The molecular weight excluding hydrogens is 816 g/mol. The van der Waals surface area contributed by atoms with Crippen molar-refractivity contribution in [2.24, 2.45) is 0 Å². The molecule has 0 aromatic rings. The van der Waals surface area contributed by atoms with Crippen molar-refractivity contribution in [1.82, 2.24) is 0 Å². The van der Waals surface area contributed by atoms with Gasteiger partial charge in [0.15, 0.2) is 6.10 Å². The predicted molar refractivity (Wildman–Crippen MR) is 260 cm³/mol. The molecule has 0 aliphatic rings. The van der Waals surface area contributed by atoms with Crippen molar-refractivity contribution in [3.05, 3.63) is 60.8 Å². The van der Waals surface area contributed by atoms with Crippen LogP contribution in [-0.4, -0.2) is 65.7 Å². The topological polar surface area (TPSA) is 149 Å². The van der Waals surface area contributed by atoms with Crippen LogP contribution in [0.1, 0.15) is 219 Å². The number of carbonyl (C=O) groups is 2. The zero-order chi connectivity index (χ0) is 46.2. The number of rotatable bonds is 47. The number of carbonyl (C=O) groups excluding carboxylic acids is 2. The van der Waals surface area contributed by atoms with Gasteiger partial charge in [0, 0.05) is 12.8 Å². The van der Waals surface area contributed by atoms with Gasteiger partial charge in [-0.15, -0.1) is 0 Å². The zero-order valence-corrected chi connectivity index (χ0v) is 40.9. The first-order valence-corrected chi connectivity index (χ1v) is 26.7. The van der Waals surface area contributed by atoms with E-state index in [0.29, 0.717) is 19.3 Å². The smallest absolute Gasteiger partial charge is 0.462 e. The predicted octanol–water partition coefficient (Wildman–Crippen LogP) is 14.2. The van der Waals surface area contributed by atoms with Crippen LogP contribution in [0.4, 0.5) is 0 Å². The number of hydrogen-bond donors (Lipinski definition) is 3. The van der Waals surface area contributed by atoms with Crippen LogP contribution < -0.4 is 0 Å². The maximum absolute atomic E-state index is 12.6. The van der Waals surface area contributed by atoms with Crippen LogP contribution in [0.3, 0.4) is 0 Å². The molecule has 0 saturated carbocycles. The molecule has 0 fully saturated rings. The molecule has 0 rings (SSSR count). The molecule has 3 atom stereocenters. The van der Waals surface area contributed by atoms with E-state index in [1.54, 1.807) is 0 Å². The van der Waals surface area contributed by atoms with Crippen LogP contribution in [0.2, 0.25) is 0 Å². The standard InChI is InChI=1S/C52H93O10P/c1-3-5-7-9-11-13-15-17-19-21-22-23-24-25-26-28-29-31-33-35-37-39-41-43-51(55)59-47-50(48-61-63(57,58)60-46-49(54)45-53)62-52(56)44-42-40-38-36-34-32-30-27-20-18-16-14-12-10-8-6-4-2/h18,20,28-30,32,35-38,49-50,53-54H,3-17,19,21-27,31,33-34,39-48H2,1-2H3,(H,57,58)/b20-18+,29-28+,32-30+,37-35+,38-36+/t49-,50+/m1/s1. The van der Waals surface area contributed by atoms with Crippen LogP contribution in [0.5, 0.6) is 0 Å². The summed E-state index contributed by atoms with van der Waals surface area (Å²) >= 11 is 0. The first kappa shape index (κ1) is 60.7. The minimum Gasteiger partial charge on any atom is -0.462 e. The summed E-state index contributed by atoms with van der Waals surface area (Å²) in [7, 11) is -4.65. The molecule has 0 spiro atoms. The van der Waals surface area contributed by atoms with Crippen LogP contribution >= 0.6 is 7.82 Å². The van der Waals surface area contributed by atoms with Gasteiger partial charge in [-0.25, -0.2) is 4.57 Å². The van der Waals surface area contributed by atoms with Crippen LogP contribution in [0.25, 0.3) is 0 Å². The fourth-order valence-electron chi connectivity index (χ4n) is 6.74. The van der Waals surface area contributed by atoms with Gasteiger partial charge in [-0.2, -0.15) is 0 Å². The fraction of sp³-hybridized carbons (Fsp3) is 0.769. The van der Waals surface area contributed by atoms with E-state index >= 15 is 0 Å². The molecule has 0 aromatic carbocycles. The Morgan fingerprint density at radius 2 is 0.841 bits per heavy atom. The number of aliphatic hydroxyl groups is 2. The van der Waals surface area contributed by atoms with E-state index in [4.69, 9.17) is 23.6 Å². The zero-order valence-electron chi connectivity index (χ0n) is 40.0. The summed E-state index contributed by atoms with van der Waals surface area (Å²) in [5.41, 5.74) is 0. The first-order valence-electron chi connectivity index (χ1n) is 25.2. The van der Waals surface area contributed by atoms with Crippen LogP contribution in [-0.2, 0) is 32.7 Å². The average Bonchev–Trinajstić information content (AvgIpc) is 3.27. The van der Waals surface area contributed by atoms with Crippen molar-refractivity contribution in [3.63, 3.8) is 0 Å². The number of hydrogen-bond acceptors (Lipinski definition) is 9. The van der Waals surface area contributed by atoms with E-state index in [1.165, 1.54) is 128 Å². The molecule has 1 unspecified atom stereocenters. The van der Waals surface area contributed by atoms with Gasteiger partial charge < -0.3 is 24.6 Å². The Morgan fingerprint density at radius 1 is 0.476 bits per heavy atom. The number of allylic oxidation sites excluding steroid dienone is 10. The summed E-state index contributed by atoms with van der Waals surface area (Å²) in [6.07, 6.45) is 55.0. The Morgan fingerprint density at radius 3 is 1.30 bits per heavy atom. The van der Waals surface area contributed by atoms with Crippen molar-refractivity contribution in [2.75, 3.05) is 26.4 Å². The van der Waals surface area contributed by atoms with Crippen LogP contribution in [0.15, 0.2) is 60.8 Å². The van der Waals surface area contributed by atoms with Crippen LogP contribution in [0, 0.1) is 0 Å². The highest BCUT2D eigenvalue weighted by Gasteiger charge is 2.27. The summed E-state index contributed by atoms with van der Waals surface area (Å²) in [6, 6.07) is 0. The number of ether oxygens (including phenoxy) is 2. The Bertz CT molecular complexity index is 1230. The van der Waals surface area contributed by atoms with E-state index in [0.717, 1.165) is 44.9 Å². The minimum atomic E-state index is -4.65. The molecule has 0 aromatic heterocycles. The Balaban J connectivity index is 4.30. The van der Waals surface area contributed by atoms with Gasteiger partial charge in [0.05, 0.1) is 19.8 Å². The van der Waals surface area contributed by atoms with Gasteiger partial charge in [-0.1, -0.05) is 190 Å². The second kappa shape index (κ2) is 47.6. The van der Waals surface area contributed by atoms with Crippen molar-refractivity contribution < 1.29 is 47.8 Å². The molecule has 0 aliphatic carbocycles. The molecule has 11 heteroatoms. The third-order valence-corrected chi connectivity index (χ3v) is 11.6. The average molecular weight is 909 g/mol. The van der Waals surface area contributed by atoms with E-state index in [2.05, 4.69) is 68.5 Å². The molecule has 10 nitrogen and oxygen atoms in total. The monoisotopic (exact) mass is 909 g/mol. The highest BCUT2D eigenvalue weighted by atomic mass is 31.2. The van der Waals surface area contributed by atoms with Crippen molar-refractivity contribution >= 4 is 19.8 Å². The van der Waals surface area contributed by atoms with E-state index in [1.807, 2.05) is 6.08 Å². The second-order valence-corrected chi connectivity index (χ2v) is 18.3. The highest BCUT2D eigenvalue weighted by molar-refractivity contribution is 7.47.